The van der Waals surface area contributed by atoms with Gasteiger partial charge in [-0.2, -0.15) is 0 Å². The van der Waals surface area contributed by atoms with Gasteiger partial charge in [-0.05, 0) is 36.0 Å². The van der Waals surface area contributed by atoms with Gasteiger partial charge in [0.1, 0.15) is 12.4 Å². The molecule has 0 heterocycles. The first-order valence-electron chi connectivity index (χ1n) is 6.85. The highest BCUT2D eigenvalue weighted by Crippen LogP contribution is 2.32. The predicted molar refractivity (Wildman–Crippen MR) is 79.7 cm³/mol. The summed E-state index contributed by atoms with van der Waals surface area (Å²) in [5.41, 5.74) is 7.69. The number of ether oxygens (including phenoxy) is 1. The van der Waals surface area contributed by atoms with E-state index in [-0.39, 0.29) is 12.0 Å². The van der Waals surface area contributed by atoms with E-state index >= 15 is 0 Å². The average Bonchev–Trinajstić information content (AvgIpc) is 2.35. The molecular weight excluding hydrogens is 238 g/mol. The lowest BCUT2D eigenvalue weighted by Gasteiger charge is -2.27. The number of benzene rings is 1. The fourth-order valence-corrected chi connectivity index (χ4v) is 1.80. The van der Waals surface area contributed by atoms with Crippen molar-refractivity contribution < 1.29 is 9.84 Å². The molecule has 0 spiro atoms. The molecule has 3 heteroatoms. The smallest absolute Gasteiger partial charge is 0.123 e. The van der Waals surface area contributed by atoms with Gasteiger partial charge >= 0.3 is 0 Å². The summed E-state index contributed by atoms with van der Waals surface area (Å²) in [5.74, 6) is 0.856. The SMILES string of the molecule is CCc1ccc(OCC(C)(N)CO)c(C(C)(C)C)c1. The van der Waals surface area contributed by atoms with E-state index in [4.69, 9.17) is 10.5 Å². The van der Waals surface area contributed by atoms with Crippen LogP contribution >= 0.6 is 0 Å². The molecule has 1 aromatic carbocycles. The molecule has 3 nitrogen and oxygen atoms in total. The van der Waals surface area contributed by atoms with E-state index in [1.165, 1.54) is 11.1 Å². The Morgan fingerprint density at radius 1 is 1.21 bits per heavy atom. The van der Waals surface area contributed by atoms with E-state index in [0.717, 1.165) is 12.2 Å². The molecular formula is C16H27NO2. The first kappa shape index (κ1) is 16.0. The van der Waals surface area contributed by atoms with Crippen molar-refractivity contribution in [3.63, 3.8) is 0 Å². The molecule has 1 unspecified atom stereocenters. The van der Waals surface area contributed by atoms with Gasteiger partial charge in [0.2, 0.25) is 0 Å². The largest absolute Gasteiger partial charge is 0.491 e. The summed E-state index contributed by atoms with van der Waals surface area (Å²) >= 11 is 0. The third-order valence-corrected chi connectivity index (χ3v) is 3.18. The molecule has 0 aliphatic carbocycles. The van der Waals surface area contributed by atoms with E-state index in [2.05, 4.69) is 39.8 Å². The molecule has 1 atom stereocenters. The van der Waals surface area contributed by atoms with Crippen LogP contribution in [-0.4, -0.2) is 23.9 Å². The van der Waals surface area contributed by atoms with Crippen molar-refractivity contribution in [3.8, 4) is 5.75 Å². The van der Waals surface area contributed by atoms with Crippen LogP contribution in [0.1, 0.15) is 45.7 Å². The molecule has 108 valence electrons. The number of aliphatic hydroxyl groups excluding tert-OH is 1. The molecule has 0 aromatic heterocycles. The van der Waals surface area contributed by atoms with Crippen molar-refractivity contribution >= 4 is 0 Å². The predicted octanol–water partition coefficient (Wildman–Crippen LogP) is 2.64. The van der Waals surface area contributed by atoms with Crippen LogP contribution in [0.25, 0.3) is 0 Å². The molecule has 0 aliphatic rings. The van der Waals surface area contributed by atoms with E-state index in [0.29, 0.717) is 6.61 Å². The lowest BCUT2D eigenvalue weighted by molar-refractivity contribution is 0.145. The fourth-order valence-electron chi connectivity index (χ4n) is 1.80. The summed E-state index contributed by atoms with van der Waals surface area (Å²) in [6.45, 7) is 10.6. The summed E-state index contributed by atoms with van der Waals surface area (Å²) in [5, 5.41) is 9.18. The second-order valence-electron chi connectivity index (χ2n) is 6.53. The van der Waals surface area contributed by atoms with Gasteiger partial charge in [0.25, 0.3) is 0 Å². The zero-order valence-electron chi connectivity index (χ0n) is 12.8. The minimum Gasteiger partial charge on any atom is -0.491 e. The summed E-state index contributed by atoms with van der Waals surface area (Å²) in [4.78, 5) is 0. The van der Waals surface area contributed by atoms with Crippen molar-refractivity contribution in [2.24, 2.45) is 5.73 Å². The zero-order chi connectivity index (χ0) is 14.7. The average molecular weight is 265 g/mol. The Balaban J connectivity index is 3.00. The van der Waals surface area contributed by atoms with Crippen molar-refractivity contribution in [2.75, 3.05) is 13.2 Å². The Morgan fingerprint density at radius 3 is 2.32 bits per heavy atom. The molecule has 0 saturated carbocycles. The highest BCUT2D eigenvalue weighted by atomic mass is 16.5. The Hall–Kier alpha value is -1.06. The second-order valence-corrected chi connectivity index (χ2v) is 6.53. The normalized spacial score (nSPS) is 15.1. The number of nitrogens with two attached hydrogens (primary N) is 1. The summed E-state index contributed by atoms with van der Waals surface area (Å²) in [7, 11) is 0. The van der Waals surface area contributed by atoms with Crippen molar-refractivity contribution in [1.82, 2.24) is 0 Å². The second kappa shape index (κ2) is 5.93. The van der Waals surface area contributed by atoms with Gasteiger partial charge in [-0.3, -0.25) is 0 Å². The summed E-state index contributed by atoms with van der Waals surface area (Å²) in [6, 6.07) is 6.28. The molecule has 0 saturated heterocycles. The van der Waals surface area contributed by atoms with Gasteiger partial charge in [-0.15, -0.1) is 0 Å². The van der Waals surface area contributed by atoms with Gasteiger partial charge in [-0.25, -0.2) is 0 Å². The minimum absolute atomic E-state index is 0.0186. The first-order chi connectivity index (χ1) is 8.69. The van der Waals surface area contributed by atoms with Crippen LogP contribution in [0.15, 0.2) is 18.2 Å². The van der Waals surface area contributed by atoms with Crippen molar-refractivity contribution in [1.29, 1.82) is 0 Å². The monoisotopic (exact) mass is 265 g/mol. The number of rotatable bonds is 5. The maximum Gasteiger partial charge on any atom is 0.123 e. The third-order valence-electron chi connectivity index (χ3n) is 3.18. The van der Waals surface area contributed by atoms with Crippen LogP contribution in [0.4, 0.5) is 0 Å². The molecule has 19 heavy (non-hydrogen) atoms. The van der Waals surface area contributed by atoms with Crippen LogP contribution in [0.3, 0.4) is 0 Å². The quantitative estimate of drug-likeness (QED) is 0.860. The van der Waals surface area contributed by atoms with Crippen LogP contribution in [-0.2, 0) is 11.8 Å². The van der Waals surface area contributed by atoms with E-state index in [9.17, 15) is 5.11 Å². The minimum atomic E-state index is -0.710. The Labute approximate surface area is 116 Å². The van der Waals surface area contributed by atoms with Gasteiger partial charge in [0.15, 0.2) is 0 Å². The highest BCUT2D eigenvalue weighted by Gasteiger charge is 2.22. The van der Waals surface area contributed by atoms with E-state index < -0.39 is 5.54 Å². The molecule has 0 aliphatic heterocycles. The Kier molecular flexibility index (Phi) is 4.99. The third kappa shape index (κ3) is 4.51. The number of hydrogen-bond acceptors (Lipinski definition) is 3. The number of hydrogen-bond donors (Lipinski definition) is 2. The van der Waals surface area contributed by atoms with Gasteiger partial charge in [0.05, 0.1) is 12.1 Å². The van der Waals surface area contributed by atoms with Crippen LogP contribution < -0.4 is 10.5 Å². The van der Waals surface area contributed by atoms with E-state index in [1.807, 2.05) is 6.07 Å². The summed E-state index contributed by atoms with van der Waals surface area (Å²) < 4.78 is 5.83. The molecule has 1 rings (SSSR count). The van der Waals surface area contributed by atoms with Crippen molar-refractivity contribution in [2.45, 2.75) is 52.0 Å². The van der Waals surface area contributed by atoms with Crippen LogP contribution in [0, 0.1) is 0 Å². The topological polar surface area (TPSA) is 55.5 Å². The number of aryl methyl sites for hydroxylation is 1. The standard InChI is InChI=1S/C16H27NO2/c1-6-12-7-8-14(13(9-12)15(2,3)4)19-11-16(5,17)10-18/h7-9,18H,6,10-11,17H2,1-5H3. The molecule has 0 amide bonds. The van der Waals surface area contributed by atoms with Crippen molar-refractivity contribution in [3.05, 3.63) is 29.3 Å². The molecule has 3 N–H and O–H groups in total. The van der Waals surface area contributed by atoms with E-state index in [1.54, 1.807) is 6.92 Å². The summed E-state index contributed by atoms with van der Waals surface area (Å²) in [6.07, 6.45) is 1.01. The van der Waals surface area contributed by atoms with Gasteiger partial charge < -0.3 is 15.6 Å². The maximum atomic E-state index is 9.18. The lowest BCUT2D eigenvalue weighted by atomic mass is 9.85. The van der Waals surface area contributed by atoms with Gasteiger partial charge in [0, 0.05) is 0 Å². The molecule has 1 aromatic rings. The van der Waals surface area contributed by atoms with Crippen LogP contribution in [0.5, 0.6) is 5.75 Å². The zero-order valence-corrected chi connectivity index (χ0v) is 12.8. The maximum absolute atomic E-state index is 9.18. The first-order valence-corrected chi connectivity index (χ1v) is 6.85. The Morgan fingerprint density at radius 2 is 1.84 bits per heavy atom. The van der Waals surface area contributed by atoms with Gasteiger partial charge in [-0.1, -0.05) is 39.8 Å². The highest BCUT2D eigenvalue weighted by molar-refractivity contribution is 5.41. The molecule has 0 radical (unpaired) electrons. The Bertz CT molecular complexity index is 419. The molecule has 0 fully saturated rings. The fraction of sp³-hybridized carbons (Fsp3) is 0.625. The number of aliphatic hydroxyl groups is 1. The molecule has 0 bridgehead atoms. The van der Waals surface area contributed by atoms with Crippen LogP contribution in [0.2, 0.25) is 0 Å². The lowest BCUT2D eigenvalue weighted by Crippen LogP contribution is -2.46.